The van der Waals surface area contributed by atoms with Crippen molar-refractivity contribution in [2.24, 2.45) is 13.0 Å². The molecule has 0 amide bonds. The number of likely N-dealkylation sites (tertiary alicyclic amines) is 1. The van der Waals surface area contributed by atoms with Crippen LogP contribution in [0.15, 0.2) is 11.1 Å². The molecule has 20 heavy (non-hydrogen) atoms. The van der Waals surface area contributed by atoms with Gasteiger partial charge in [0.15, 0.2) is 5.82 Å². The van der Waals surface area contributed by atoms with Crippen LogP contribution in [0.5, 0.6) is 0 Å². The minimum absolute atomic E-state index is 0.0424. The fourth-order valence-corrected chi connectivity index (χ4v) is 3.72. The first-order chi connectivity index (χ1) is 9.42. The molecule has 0 saturated carbocycles. The fourth-order valence-electron chi connectivity index (χ4n) is 2.50. The van der Waals surface area contributed by atoms with E-state index in [1.54, 1.807) is 7.05 Å². The van der Waals surface area contributed by atoms with Gasteiger partial charge in [0.25, 0.3) is 0 Å². The SMILES string of the molecule is CCN1CCC(CNS(=O)(=O)c2cn(C)nc2N)CC1. The van der Waals surface area contributed by atoms with Gasteiger partial charge in [0, 0.05) is 19.8 Å². The van der Waals surface area contributed by atoms with E-state index in [0.717, 1.165) is 32.5 Å². The number of aryl methyl sites for hydroxylation is 1. The maximum atomic E-state index is 12.2. The second kappa shape index (κ2) is 6.11. The second-order valence-corrected chi connectivity index (χ2v) is 7.02. The minimum atomic E-state index is -3.56. The van der Waals surface area contributed by atoms with E-state index in [2.05, 4.69) is 21.6 Å². The van der Waals surface area contributed by atoms with Crippen molar-refractivity contribution in [3.8, 4) is 0 Å². The van der Waals surface area contributed by atoms with Crippen LogP contribution in [0.3, 0.4) is 0 Å². The van der Waals surface area contributed by atoms with Gasteiger partial charge >= 0.3 is 0 Å². The highest BCUT2D eigenvalue weighted by Crippen LogP contribution is 2.19. The number of aromatic nitrogens is 2. The summed E-state index contributed by atoms with van der Waals surface area (Å²) in [5.74, 6) is 0.436. The number of piperidine rings is 1. The topological polar surface area (TPSA) is 93.2 Å². The number of sulfonamides is 1. The Morgan fingerprint density at radius 1 is 1.45 bits per heavy atom. The first-order valence-electron chi connectivity index (χ1n) is 6.93. The molecular weight excluding hydrogens is 278 g/mol. The van der Waals surface area contributed by atoms with Gasteiger partial charge in [-0.15, -0.1) is 0 Å². The van der Waals surface area contributed by atoms with Crippen molar-refractivity contribution >= 4 is 15.8 Å². The average Bonchev–Trinajstić information content (AvgIpc) is 2.77. The van der Waals surface area contributed by atoms with Crippen LogP contribution in [-0.4, -0.2) is 49.3 Å². The van der Waals surface area contributed by atoms with E-state index in [4.69, 9.17) is 5.73 Å². The summed E-state index contributed by atoms with van der Waals surface area (Å²) in [7, 11) is -1.91. The van der Waals surface area contributed by atoms with Crippen molar-refractivity contribution in [3.63, 3.8) is 0 Å². The maximum absolute atomic E-state index is 12.2. The molecule has 0 unspecified atom stereocenters. The van der Waals surface area contributed by atoms with Gasteiger partial charge < -0.3 is 10.6 Å². The highest BCUT2D eigenvalue weighted by molar-refractivity contribution is 7.89. The van der Waals surface area contributed by atoms with E-state index < -0.39 is 10.0 Å². The molecule has 2 rings (SSSR count). The summed E-state index contributed by atoms with van der Waals surface area (Å²) in [6, 6.07) is 0. The lowest BCUT2D eigenvalue weighted by Crippen LogP contribution is -2.38. The minimum Gasteiger partial charge on any atom is -0.381 e. The van der Waals surface area contributed by atoms with Crippen LogP contribution in [0, 0.1) is 5.92 Å². The predicted molar refractivity (Wildman–Crippen MR) is 77.6 cm³/mol. The average molecular weight is 301 g/mol. The second-order valence-electron chi connectivity index (χ2n) is 5.28. The Hall–Kier alpha value is -1.12. The van der Waals surface area contributed by atoms with Crippen LogP contribution in [0.2, 0.25) is 0 Å². The predicted octanol–water partition coefficient (Wildman–Crippen LogP) is 0.0125. The van der Waals surface area contributed by atoms with Gasteiger partial charge in [-0.3, -0.25) is 4.68 Å². The van der Waals surface area contributed by atoms with Crippen molar-refractivity contribution in [2.45, 2.75) is 24.7 Å². The molecular formula is C12H23N5O2S. The first kappa shape index (κ1) is 15.3. The Labute approximate surface area is 120 Å². The monoisotopic (exact) mass is 301 g/mol. The Balaban J connectivity index is 1.92. The highest BCUT2D eigenvalue weighted by Gasteiger charge is 2.23. The van der Waals surface area contributed by atoms with E-state index >= 15 is 0 Å². The zero-order valence-electron chi connectivity index (χ0n) is 12.0. The lowest BCUT2D eigenvalue weighted by Gasteiger charge is -2.30. The largest absolute Gasteiger partial charge is 0.381 e. The zero-order chi connectivity index (χ0) is 14.8. The number of hydrogen-bond donors (Lipinski definition) is 2. The number of rotatable bonds is 5. The molecule has 0 bridgehead atoms. The number of nitrogens with two attached hydrogens (primary N) is 1. The van der Waals surface area contributed by atoms with E-state index in [1.165, 1.54) is 10.9 Å². The summed E-state index contributed by atoms with van der Waals surface area (Å²) in [5, 5.41) is 3.86. The molecule has 2 heterocycles. The Morgan fingerprint density at radius 2 is 2.10 bits per heavy atom. The molecule has 3 N–H and O–H groups in total. The van der Waals surface area contributed by atoms with Crippen molar-refractivity contribution in [2.75, 3.05) is 31.9 Å². The van der Waals surface area contributed by atoms with Crippen LogP contribution in [0.1, 0.15) is 19.8 Å². The van der Waals surface area contributed by atoms with Crippen LogP contribution >= 0.6 is 0 Å². The van der Waals surface area contributed by atoms with Gasteiger partial charge in [-0.2, -0.15) is 5.10 Å². The summed E-state index contributed by atoms with van der Waals surface area (Å²) in [4.78, 5) is 2.44. The lowest BCUT2D eigenvalue weighted by molar-refractivity contribution is 0.194. The van der Waals surface area contributed by atoms with Crippen LogP contribution in [0.25, 0.3) is 0 Å². The molecule has 0 aliphatic carbocycles. The summed E-state index contributed by atoms with van der Waals surface area (Å²) < 4.78 is 28.4. The summed E-state index contributed by atoms with van der Waals surface area (Å²) in [6.45, 7) is 5.75. The normalized spacial score (nSPS) is 18.5. The Morgan fingerprint density at radius 3 is 2.60 bits per heavy atom. The van der Waals surface area contributed by atoms with Crippen LogP contribution < -0.4 is 10.5 Å². The molecule has 1 aliphatic rings. The first-order valence-corrected chi connectivity index (χ1v) is 8.42. The quantitative estimate of drug-likeness (QED) is 0.799. The Bertz CT molecular complexity index is 546. The maximum Gasteiger partial charge on any atom is 0.245 e. The Kier molecular flexibility index (Phi) is 4.66. The van der Waals surface area contributed by atoms with E-state index in [0.29, 0.717) is 12.5 Å². The molecule has 1 saturated heterocycles. The number of anilines is 1. The van der Waals surface area contributed by atoms with E-state index in [1.807, 2.05) is 0 Å². The number of nitrogen functional groups attached to an aromatic ring is 1. The summed E-state index contributed by atoms with van der Waals surface area (Å²) in [6.07, 6.45) is 3.48. The van der Waals surface area contributed by atoms with Gasteiger partial charge in [0.2, 0.25) is 10.0 Å². The molecule has 114 valence electrons. The van der Waals surface area contributed by atoms with Gasteiger partial charge in [-0.1, -0.05) is 6.92 Å². The lowest BCUT2D eigenvalue weighted by atomic mass is 9.97. The molecule has 1 fully saturated rings. The molecule has 0 aromatic carbocycles. The molecule has 1 aromatic heterocycles. The van der Waals surface area contributed by atoms with Crippen LogP contribution in [-0.2, 0) is 17.1 Å². The van der Waals surface area contributed by atoms with E-state index in [9.17, 15) is 8.42 Å². The van der Waals surface area contributed by atoms with Gasteiger partial charge in [-0.05, 0) is 38.4 Å². The molecule has 0 atom stereocenters. The van der Waals surface area contributed by atoms with Gasteiger partial charge in [0.05, 0.1) is 0 Å². The van der Waals surface area contributed by atoms with Crippen molar-refractivity contribution in [3.05, 3.63) is 6.20 Å². The third kappa shape index (κ3) is 3.50. The summed E-state index contributed by atoms with van der Waals surface area (Å²) >= 11 is 0. The van der Waals surface area contributed by atoms with E-state index in [-0.39, 0.29) is 10.7 Å². The van der Waals surface area contributed by atoms with Gasteiger partial charge in [0.1, 0.15) is 4.90 Å². The third-order valence-electron chi connectivity index (χ3n) is 3.83. The van der Waals surface area contributed by atoms with Crippen molar-refractivity contribution in [1.29, 1.82) is 0 Å². The molecule has 1 aromatic rings. The molecule has 7 nitrogen and oxygen atoms in total. The fraction of sp³-hybridized carbons (Fsp3) is 0.750. The highest BCUT2D eigenvalue weighted by atomic mass is 32.2. The number of nitrogens with one attached hydrogen (secondary N) is 1. The third-order valence-corrected chi connectivity index (χ3v) is 5.27. The van der Waals surface area contributed by atoms with Crippen LogP contribution in [0.4, 0.5) is 5.82 Å². The van der Waals surface area contributed by atoms with Crippen molar-refractivity contribution < 1.29 is 8.42 Å². The molecule has 0 spiro atoms. The number of hydrogen-bond acceptors (Lipinski definition) is 5. The summed E-state index contributed by atoms with van der Waals surface area (Å²) in [5.41, 5.74) is 5.61. The van der Waals surface area contributed by atoms with Gasteiger partial charge in [-0.25, -0.2) is 13.1 Å². The smallest absolute Gasteiger partial charge is 0.245 e. The number of nitrogens with zero attached hydrogens (tertiary/aromatic N) is 3. The molecule has 1 aliphatic heterocycles. The zero-order valence-corrected chi connectivity index (χ0v) is 12.9. The van der Waals surface area contributed by atoms with Crippen molar-refractivity contribution in [1.82, 2.24) is 19.4 Å². The standard InChI is InChI=1S/C12H23N5O2S/c1-3-17-6-4-10(5-7-17)8-14-20(18,19)11-9-16(2)15-12(11)13/h9-10,14H,3-8H2,1-2H3,(H2,13,15). The molecule has 0 radical (unpaired) electrons. The molecule has 8 heteroatoms.